The molecule has 6 fully saturated rings. The SMILES string of the molecule is CC[Si](CC)(CC)O[C@H]1CC[C@]23C[C@]24CC[C@]2(C)C5[C@H](C)C[C@H](CO)O[C@@H]5[C@H](O[Si](CC)(CC)CC)[C@@]2(C)[C@@H]4CC[C@H]3C1(C)C. The van der Waals surface area contributed by atoms with Crippen LogP contribution in [0.2, 0.25) is 36.3 Å². The molecule has 1 unspecified atom stereocenters. The molecule has 6 rings (SSSR count). The van der Waals surface area contributed by atoms with Crippen molar-refractivity contribution in [2.24, 2.45) is 50.7 Å². The molecule has 0 aromatic carbocycles. The highest BCUT2D eigenvalue weighted by atomic mass is 28.4. The van der Waals surface area contributed by atoms with Crippen molar-refractivity contribution in [1.82, 2.24) is 0 Å². The van der Waals surface area contributed by atoms with E-state index in [1.54, 1.807) is 0 Å². The molecular formula is C39H72O4Si2. The number of ether oxygens (including phenoxy) is 1. The van der Waals surface area contributed by atoms with Crippen molar-refractivity contribution < 1.29 is 18.7 Å². The molecule has 1 aliphatic heterocycles. The van der Waals surface area contributed by atoms with Crippen molar-refractivity contribution in [3.05, 3.63) is 0 Å². The Labute approximate surface area is 280 Å². The van der Waals surface area contributed by atoms with Crippen LogP contribution < -0.4 is 0 Å². The molecule has 1 N–H and O–H groups in total. The van der Waals surface area contributed by atoms with Crippen LogP contribution in [0.5, 0.6) is 0 Å². The smallest absolute Gasteiger partial charge is 0.192 e. The Morgan fingerprint density at radius 1 is 0.733 bits per heavy atom. The van der Waals surface area contributed by atoms with E-state index in [-0.39, 0.29) is 41.2 Å². The third-order valence-electron chi connectivity index (χ3n) is 17.6. The van der Waals surface area contributed by atoms with Gasteiger partial charge in [0.1, 0.15) is 0 Å². The Morgan fingerprint density at radius 2 is 1.29 bits per heavy atom. The largest absolute Gasteiger partial charge is 0.413 e. The fraction of sp³-hybridized carbons (Fsp3) is 1.00. The molecule has 2 spiro atoms. The molecule has 260 valence electrons. The van der Waals surface area contributed by atoms with Crippen LogP contribution in [0.4, 0.5) is 0 Å². The monoisotopic (exact) mass is 660 g/mol. The third kappa shape index (κ3) is 4.52. The zero-order valence-electron chi connectivity index (χ0n) is 31.4. The highest BCUT2D eigenvalue weighted by molar-refractivity contribution is 6.74. The van der Waals surface area contributed by atoms with E-state index in [1.165, 1.54) is 81.2 Å². The van der Waals surface area contributed by atoms with Gasteiger partial charge in [0, 0.05) is 5.41 Å². The summed E-state index contributed by atoms with van der Waals surface area (Å²) in [7, 11) is -3.55. The Bertz CT molecular complexity index is 1070. The van der Waals surface area contributed by atoms with Gasteiger partial charge in [0.15, 0.2) is 16.6 Å². The first-order chi connectivity index (χ1) is 21.2. The fourth-order valence-electron chi connectivity index (χ4n) is 14.4. The quantitative estimate of drug-likeness (QED) is 0.224. The van der Waals surface area contributed by atoms with Gasteiger partial charge in [0.25, 0.3) is 0 Å². The second kappa shape index (κ2) is 11.7. The molecule has 4 nitrogen and oxygen atoms in total. The zero-order chi connectivity index (χ0) is 32.8. The highest BCUT2D eigenvalue weighted by Crippen LogP contribution is 2.89. The van der Waals surface area contributed by atoms with Gasteiger partial charge >= 0.3 is 0 Å². The summed E-state index contributed by atoms with van der Waals surface area (Å²) >= 11 is 0. The van der Waals surface area contributed by atoms with E-state index in [0.29, 0.717) is 34.7 Å². The second-order valence-electron chi connectivity index (χ2n) is 18.5. The normalized spacial score (nSPS) is 48.5. The number of rotatable bonds is 11. The first-order valence-corrected chi connectivity index (χ1v) is 24.9. The van der Waals surface area contributed by atoms with Gasteiger partial charge in [-0.05, 0) is 133 Å². The minimum absolute atomic E-state index is 0.0429. The maximum Gasteiger partial charge on any atom is 0.192 e. The summed E-state index contributed by atoms with van der Waals surface area (Å²) < 4.78 is 22.2. The van der Waals surface area contributed by atoms with E-state index in [9.17, 15) is 5.11 Å². The lowest BCUT2D eigenvalue weighted by molar-refractivity contribution is -0.178. The van der Waals surface area contributed by atoms with Crippen LogP contribution in [0, 0.1) is 50.7 Å². The molecule has 0 aromatic heterocycles. The van der Waals surface area contributed by atoms with Crippen molar-refractivity contribution in [3.8, 4) is 0 Å². The number of aliphatic hydroxyl groups excluding tert-OH is 1. The molecule has 6 heteroatoms. The van der Waals surface area contributed by atoms with Gasteiger partial charge in [-0.2, -0.15) is 0 Å². The molecule has 6 aliphatic rings. The second-order valence-corrected chi connectivity index (χ2v) is 28.0. The predicted molar refractivity (Wildman–Crippen MR) is 191 cm³/mol. The number of hydrogen-bond acceptors (Lipinski definition) is 4. The average molecular weight is 661 g/mol. The molecule has 1 heterocycles. The summed E-state index contributed by atoms with van der Waals surface area (Å²) in [5, 5.41) is 10.4. The van der Waals surface area contributed by atoms with Crippen LogP contribution >= 0.6 is 0 Å². The molecule has 12 atom stereocenters. The molecule has 5 aliphatic carbocycles. The molecule has 0 radical (unpaired) electrons. The van der Waals surface area contributed by atoms with Gasteiger partial charge in [-0.25, -0.2) is 0 Å². The van der Waals surface area contributed by atoms with E-state index in [4.69, 9.17) is 13.6 Å². The Balaban J connectivity index is 1.38. The van der Waals surface area contributed by atoms with Gasteiger partial charge in [0.2, 0.25) is 0 Å². The minimum Gasteiger partial charge on any atom is -0.413 e. The Hall–Kier alpha value is 0.274. The predicted octanol–water partition coefficient (Wildman–Crippen LogP) is 10.2. The number of hydrogen-bond donors (Lipinski definition) is 1. The molecule has 0 bridgehead atoms. The van der Waals surface area contributed by atoms with Crippen LogP contribution in [-0.2, 0) is 13.6 Å². The average Bonchev–Trinajstić information content (AvgIpc) is 3.66. The summed E-state index contributed by atoms with van der Waals surface area (Å²) in [5.74, 6) is 2.57. The van der Waals surface area contributed by atoms with Crippen molar-refractivity contribution >= 4 is 16.6 Å². The minimum atomic E-state index is -1.89. The maximum atomic E-state index is 10.4. The Morgan fingerprint density at radius 3 is 1.87 bits per heavy atom. The first-order valence-electron chi connectivity index (χ1n) is 19.8. The summed E-state index contributed by atoms with van der Waals surface area (Å²) in [4.78, 5) is 0. The zero-order valence-corrected chi connectivity index (χ0v) is 33.4. The van der Waals surface area contributed by atoms with Crippen molar-refractivity contribution in [1.29, 1.82) is 0 Å². The van der Waals surface area contributed by atoms with Crippen LogP contribution in [-0.4, -0.2) is 52.8 Å². The third-order valence-corrected chi connectivity index (χ3v) is 26.9. The standard InChI is InChI=1S/C39H72O4Si2/c1-12-44(13-2,14-3)42-31-20-21-38-26-39(38)23-22-36(10)32-27(7)24-28(25-40)41-33(32)34(43-45(15-4,16-5)17-6)37(36,11)30(39)19-18-29(38)35(31,8)9/h27-34,40H,12-26H2,1-11H3/t27-,28-,29+,30+,31+,32?,33+,34+,36-,37-,38-,39+/m1/s1. The van der Waals surface area contributed by atoms with Gasteiger partial charge in [0.05, 0.1) is 31.0 Å². The molecule has 1 saturated heterocycles. The maximum absolute atomic E-state index is 10.4. The van der Waals surface area contributed by atoms with E-state index >= 15 is 0 Å². The molecule has 0 aromatic rings. The van der Waals surface area contributed by atoms with Crippen molar-refractivity contribution in [2.75, 3.05) is 6.61 Å². The van der Waals surface area contributed by atoms with Crippen LogP contribution in [0.1, 0.15) is 128 Å². The van der Waals surface area contributed by atoms with Crippen LogP contribution in [0.25, 0.3) is 0 Å². The summed E-state index contributed by atoms with van der Waals surface area (Å²) in [6, 6.07) is 7.33. The van der Waals surface area contributed by atoms with Crippen LogP contribution in [0.15, 0.2) is 0 Å². The lowest BCUT2D eigenvalue weighted by atomic mass is 9.41. The lowest BCUT2D eigenvalue weighted by Gasteiger charge is -2.64. The van der Waals surface area contributed by atoms with E-state index in [0.717, 1.165) is 12.3 Å². The van der Waals surface area contributed by atoms with Gasteiger partial charge in [-0.15, -0.1) is 0 Å². The Kier molecular flexibility index (Phi) is 9.11. The molecule has 5 saturated carbocycles. The van der Waals surface area contributed by atoms with Crippen LogP contribution in [0.3, 0.4) is 0 Å². The number of fused-ring (bicyclic) bond motifs is 4. The summed E-state index contributed by atoms with van der Waals surface area (Å²) in [6.07, 6.45) is 11.2. The molecule has 45 heavy (non-hydrogen) atoms. The van der Waals surface area contributed by atoms with Gasteiger partial charge in [-0.1, -0.05) is 76.2 Å². The van der Waals surface area contributed by atoms with E-state index in [1.807, 2.05) is 0 Å². The van der Waals surface area contributed by atoms with Crippen molar-refractivity contribution in [3.63, 3.8) is 0 Å². The highest BCUT2D eigenvalue weighted by Gasteiger charge is 2.85. The fourth-order valence-corrected chi connectivity index (χ4v) is 20.4. The molecule has 0 amide bonds. The summed E-state index contributed by atoms with van der Waals surface area (Å²) in [5.41, 5.74) is 1.52. The lowest BCUT2D eigenvalue weighted by Crippen LogP contribution is -2.61. The van der Waals surface area contributed by atoms with Crippen molar-refractivity contribution in [2.45, 2.75) is 188 Å². The first kappa shape index (κ1) is 35.1. The van der Waals surface area contributed by atoms with Gasteiger partial charge < -0.3 is 18.7 Å². The number of aliphatic hydroxyl groups is 1. The topological polar surface area (TPSA) is 47.9 Å². The van der Waals surface area contributed by atoms with Gasteiger partial charge in [-0.3, -0.25) is 0 Å². The van der Waals surface area contributed by atoms with E-state index in [2.05, 4.69) is 76.2 Å². The van der Waals surface area contributed by atoms with E-state index < -0.39 is 16.6 Å². The molecular weight excluding hydrogens is 589 g/mol. The summed E-state index contributed by atoms with van der Waals surface area (Å²) in [6.45, 7) is 27.7.